The van der Waals surface area contributed by atoms with Gasteiger partial charge in [-0.15, -0.1) is 0 Å². The largest absolute Gasteiger partial charge is 0.417 e. The van der Waals surface area contributed by atoms with Crippen LogP contribution in [0.5, 0.6) is 5.75 Å². The van der Waals surface area contributed by atoms with Crippen molar-refractivity contribution in [1.82, 2.24) is 0 Å². The number of aryl methyl sites for hydroxylation is 2. The third-order valence-electron chi connectivity index (χ3n) is 2.73. The molecule has 0 fully saturated rings. The molecule has 1 N–H and O–H groups in total. The molecule has 5 heteroatoms. The molecule has 0 saturated carbocycles. The number of para-hydroxylation sites is 1. The zero-order chi connectivity index (χ0) is 14.7. The average Bonchev–Trinajstić information content (AvgIpc) is 2.38. The number of nitrogens with one attached hydrogen (secondary N) is 1. The highest BCUT2D eigenvalue weighted by Crippen LogP contribution is 2.27. The molecule has 0 atom stereocenters. The molecule has 0 aliphatic rings. The molecule has 0 radical (unpaired) electrons. The van der Waals surface area contributed by atoms with Crippen molar-refractivity contribution in [3.63, 3.8) is 0 Å². The van der Waals surface area contributed by atoms with Crippen LogP contribution in [0.4, 0.5) is 10.5 Å². The maximum Gasteiger partial charge on any atom is 0.417 e. The maximum atomic E-state index is 11.8. The Bertz CT molecular complexity index is 635. The molecule has 0 aliphatic carbocycles. The Balaban J connectivity index is 2.11. The molecule has 0 aromatic heterocycles. The lowest BCUT2D eigenvalue weighted by Gasteiger charge is -2.10. The minimum atomic E-state index is -0.570. The standard InChI is InChI=1S/C15H13BrClNO2/c1-9-7-11(8-10(2)14(9)16)20-15(19)18-13-6-4-3-5-12(13)17/h3-8H,1-2H3,(H,18,19). The Morgan fingerprint density at radius 1 is 1.20 bits per heavy atom. The van der Waals surface area contributed by atoms with Gasteiger partial charge in [-0.3, -0.25) is 5.32 Å². The highest BCUT2D eigenvalue weighted by molar-refractivity contribution is 9.10. The molecular weight excluding hydrogens is 342 g/mol. The summed E-state index contributed by atoms with van der Waals surface area (Å²) < 4.78 is 6.27. The van der Waals surface area contributed by atoms with E-state index in [-0.39, 0.29) is 0 Å². The SMILES string of the molecule is Cc1cc(OC(=O)Nc2ccccc2Cl)cc(C)c1Br. The van der Waals surface area contributed by atoms with Crippen LogP contribution in [0.3, 0.4) is 0 Å². The van der Waals surface area contributed by atoms with Crippen LogP contribution in [0.25, 0.3) is 0 Å². The molecule has 2 aromatic carbocycles. The summed E-state index contributed by atoms with van der Waals surface area (Å²) in [7, 11) is 0. The van der Waals surface area contributed by atoms with Crippen LogP contribution < -0.4 is 10.1 Å². The summed E-state index contributed by atoms with van der Waals surface area (Å²) in [6.07, 6.45) is -0.570. The van der Waals surface area contributed by atoms with Crippen molar-refractivity contribution in [2.45, 2.75) is 13.8 Å². The zero-order valence-corrected chi connectivity index (χ0v) is 13.4. The van der Waals surface area contributed by atoms with Crippen molar-refractivity contribution in [3.05, 3.63) is 57.0 Å². The van der Waals surface area contributed by atoms with E-state index < -0.39 is 6.09 Å². The van der Waals surface area contributed by atoms with Gasteiger partial charge in [0.1, 0.15) is 5.75 Å². The summed E-state index contributed by atoms with van der Waals surface area (Å²) in [6.45, 7) is 3.88. The van der Waals surface area contributed by atoms with E-state index in [1.165, 1.54) is 0 Å². The molecule has 0 aliphatic heterocycles. The second-order valence-corrected chi connectivity index (χ2v) is 5.57. The lowest BCUT2D eigenvalue weighted by molar-refractivity contribution is 0.215. The third-order valence-corrected chi connectivity index (χ3v) is 4.31. The van der Waals surface area contributed by atoms with Gasteiger partial charge in [0.25, 0.3) is 0 Å². The molecule has 0 bridgehead atoms. The first kappa shape index (κ1) is 14.9. The fourth-order valence-corrected chi connectivity index (χ4v) is 2.18. The fraction of sp³-hybridized carbons (Fsp3) is 0.133. The predicted molar refractivity (Wildman–Crippen MR) is 84.7 cm³/mol. The van der Waals surface area contributed by atoms with Crippen molar-refractivity contribution in [2.75, 3.05) is 5.32 Å². The van der Waals surface area contributed by atoms with Crippen LogP contribution in [-0.4, -0.2) is 6.09 Å². The monoisotopic (exact) mass is 353 g/mol. The van der Waals surface area contributed by atoms with Crippen LogP contribution >= 0.6 is 27.5 Å². The predicted octanol–water partition coefficient (Wildman–Crippen LogP) is 5.33. The van der Waals surface area contributed by atoms with Gasteiger partial charge in [-0.1, -0.05) is 39.7 Å². The van der Waals surface area contributed by atoms with E-state index in [4.69, 9.17) is 16.3 Å². The molecular formula is C15H13BrClNO2. The van der Waals surface area contributed by atoms with Gasteiger partial charge in [-0.2, -0.15) is 0 Å². The molecule has 20 heavy (non-hydrogen) atoms. The van der Waals surface area contributed by atoms with Gasteiger partial charge in [0, 0.05) is 4.47 Å². The Morgan fingerprint density at radius 3 is 2.40 bits per heavy atom. The highest BCUT2D eigenvalue weighted by atomic mass is 79.9. The van der Waals surface area contributed by atoms with Gasteiger partial charge < -0.3 is 4.74 Å². The number of carbonyl (C=O) groups is 1. The molecule has 0 spiro atoms. The molecule has 0 heterocycles. The summed E-state index contributed by atoms with van der Waals surface area (Å²) >= 11 is 9.44. The number of ether oxygens (including phenoxy) is 1. The number of benzene rings is 2. The first-order chi connectivity index (χ1) is 9.47. The van der Waals surface area contributed by atoms with Crippen molar-refractivity contribution in [3.8, 4) is 5.75 Å². The van der Waals surface area contributed by atoms with Gasteiger partial charge in [0.2, 0.25) is 0 Å². The Morgan fingerprint density at radius 2 is 1.80 bits per heavy atom. The first-order valence-corrected chi connectivity index (χ1v) is 7.14. The summed E-state index contributed by atoms with van der Waals surface area (Å²) in [5.74, 6) is 0.493. The molecule has 3 nitrogen and oxygen atoms in total. The molecule has 0 unspecified atom stereocenters. The van der Waals surface area contributed by atoms with Crippen LogP contribution in [0.15, 0.2) is 40.9 Å². The van der Waals surface area contributed by atoms with Gasteiger partial charge in [-0.25, -0.2) is 4.79 Å². The summed E-state index contributed by atoms with van der Waals surface area (Å²) in [6, 6.07) is 10.6. The number of hydrogen-bond donors (Lipinski definition) is 1. The first-order valence-electron chi connectivity index (χ1n) is 5.97. The summed E-state index contributed by atoms with van der Waals surface area (Å²) in [5.41, 5.74) is 2.53. The van der Waals surface area contributed by atoms with Gasteiger partial charge in [0.05, 0.1) is 10.7 Å². The van der Waals surface area contributed by atoms with E-state index in [2.05, 4.69) is 21.2 Å². The van der Waals surface area contributed by atoms with E-state index in [0.717, 1.165) is 15.6 Å². The summed E-state index contributed by atoms with van der Waals surface area (Å²) in [5, 5.41) is 3.07. The number of hydrogen-bond acceptors (Lipinski definition) is 2. The summed E-state index contributed by atoms with van der Waals surface area (Å²) in [4.78, 5) is 11.8. The lowest BCUT2D eigenvalue weighted by atomic mass is 10.1. The molecule has 2 aromatic rings. The van der Waals surface area contributed by atoms with Crippen molar-refractivity contribution in [1.29, 1.82) is 0 Å². The Kier molecular flexibility index (Phi) is 4.68. The van der Waals surface area contributed by atoms with Crippen LogP contribution in [0.1, 0.15) is 11.1 Å². The molecule has 1 amide bonds. The minimum absolute atomic E-state index is 0.465. The third kappa shape index (κ3) is 3.52. The van der Waals surface area contributed by atoms with Crippen LogP contribution in [0, 0.1) is 13.8 Å². The molecule has 104 valence electrons. The number of rotatable bonds is 2. The van der Waals surface area contributed by atoms with E-state index in [9.17, 15) is 4.79 Å². The second-order valence-electron chi connectivity index (χ2n) is 4.37. The smallest absolute Gasteiger partial charge is 0.410 e. The van der Waals surface area contributed by atoms with E-state index in [0.29, 0.717) is 16.5 Å². The van der Waals surface area contributed by atoms with Crippen molar-refractivity contribution >= 4 is 39.3 Å². The maximum absolute atomic E-state index is 11.8. The van der Waals surface area contributed by atoms with E-state index in [1.807, 2.05) is 13.8 Å². The van der Waals surface area contributed by atoms with E-state index in [1.54, 1.807) is 36.4 Å². The normalized spacial score (nSPS) is 10.2. The number of amides is 1. The average molecular weight is 355 g/mol. The zero-order valence-electron chi connectivity index (χ0n) is 11.0. The Labute approximate surface area is 131 Å². The van der Waals surface area contributed by atoms with Gasteiger partial charge in [-0.05, 0) is 49.2 Å². The van der Waals surface area contributed by atoms with Crippen LogP contribution in [-0.2, 0) is 0 Å². The quantitative estimate of drug-likeness (QED) is 0.791. The minimum Gasteiger partial charge on any atom is -0.410 e. The number of anilines is 1. The molecule has 2 rings (SSSR count). The topological polar surface area (TPSA) is 38.3 Å². The second kappa shape index (κ2) is 6.29. The van der Waals surface area contributed by atoms with Crippen LogP contribution in [0.2, 0.25) is 5.02 Å². The Hall–Kier alpha value is -1.52. The number of halogens is 2. The highest BCUT2D eigenvalue weighted by Gasteiger charge is 2.09. The fourth-order valence-electron chi connectivity index (χ4n) is 1.77. The van der Waals surface area contributed by atoms with Crippen molar-refractivity contribution in [2.24, 2.45) is 0 Å². The lowest BCUT2D eigenvalue weighted by Crippen LogP contribution is -2.17. The van der Waals surface area contributed by atoms with E-state index >= 15 is 0 Å². The van der Waals surface area contributed by atoms with Gasteiger partial charge >= 0.3 is 6.09 Å². The van der Waals surface area contributed by atoms with Gasteiger partial charge in [0.15, 0.2) is 0 Å². The molecule has 0 saturated heterocycles. The number of carbonyl (C=O) groups excluding carboxylic acids is 1. The van der Waals surface area contributed by atoms with Crippen molar-refractivity contribution < 1.29 is 9.53 Å².